The van der Waals surface area contributed by atoms with Gasteiger partial charge in [0.15, 0.2) is 5.82 Å². The third-order valence-electron chi connectivity index (χ3n) is 2.52. The van der Waals surface area contributed by atoms with Gasteiger partial charge in [0.25, 0.3) is 0 Å². The smallest absolute Gasteiger partial charge is 0.311 e. The number of aliphatic carboxylic acids is 1. The summed E-state index contributed by atoms with van der Waals surface area (Å²) in [6, 6.07) is 4.51. The fraction of sp³-hybridized carbons (Fsp3) is 0.231. The number of aryl methyl sites for hydroxylation is 2. The molecule has 0 atom stereocenters. The molecule has 0 aliphatic rings. The van der Waals surface area contributed by atoms with Gasteiger partial charge in [-0.3, -0.25) is 4.79 Å². The van der Waals surface area contributed by atoms with Crippen molar-refractivity contribution in [3.05, 3.63) is 41.2 Å². The van der Waals surface area contributed by atoms with Crippen molar-refractivity contribution in [2.45, 2.75) is 20.3 Å². The minimum atomic E-state index is -1.01. The summed E-state index contributed by atoms with van der Waals surface area (Å²) >= 11 is 0. The Morgan fingerprint density at radius 3 is 2.63 bits per heavy atom. The molecule has 2 rings (SSSR count). The molecular weight excluding hydrogens is 249 g/mol. The van der Waals surface area contributed by atoms with E-state index in [0.717, 1.165) is 0 Å². The summed E-state index contributed by atoms with van der Waals surface area (Å²) in [5.41, 5.74) is 1.12. The molecule has 2 aromatic rings. The minimum Gasteiger partial charge on any atom is -0.481 e. The topological polar surface area (TPSA) is 76.0 Å². The number of carbonyl (C=O) groups is 1. The van der Waals surface area contributed by atoms with E-state index < -0.39 is 5.97 Å². The van der Waals surface area contributed by atoms with Gasteiger partial charge in [0.2, 0.25) is 0 Å². The molecule has 1 N–H and O–H groups in total. The van der Waals surface area contributed by atoms with Gasteiger partial charge in [-0.1, -0.05) is 0 Å². The molecule has 98 valence electrons. The number of halogens is 1. The Morgan fingerprint density at radius 1 is 1.26 bits per heavy atom. The first-order valence-electron chi connectivity index (χ1n) is 5.65. The van der Waals surface area contributed by atoms with Crippen LogP contribution in [0.25, 0.3) is 11.4 Å². The van der Waals surface area contributed by atoms with E-state index in [1.165, 1.54) is 6.07 Å². The van der Waals surface area contributed by atoms with Crippen molar-refractivity contribution in [3.8, 4) is 11.4 Å². The molecule has 19 heavy (non-hydrogen) atoms. The van der Waals surface area contributed by atoms with Crippen molar-refractivity contribution in [2.24, 2.45) is 0 Å². The average Bonchev–Trinajstić information content (AvgIpc) is 2.31. The molecule has 0 bridgehead atoms. The van der Waals surface area contributed by atoms with Crippen LogP contribution in [-0.4, -0.2) is 26.0 Å². The number of carboxylic acid groups (broad SMARTS) is 1. The first-order chi connectivity index (χ1) is 8.95. The average molecular weight is 261 g/mol. The van der Waals surface area contributed by atoms with E-state index >= 15 is 0 Å². The molecule has 1 aromatic heterocycles. The molecule has 0 saturated heterocycles. The predicted octanol–water partition coefficient (Wildman–Crippen LogP) is 1.92. The molecule has 0 fully saturated rings. The molecule has 0 unspecified atom stereocenters. The summed E-state index contributed by atoms with van der Waals surface area (Å²) in [6.45, 7) is 3.30. The number of carboxylic acids is 1. The molecule has 5 nitrogen and oxygen atoms in total. The number of hydrogen-bond acceptors (Lipinski definition) is 4. The zero-order valence-corrected chi connectivity index (χ0v) is 10.5. The van der Waals surface area contributed by atoms with Gasteiger partial charge in [0.1, 0.15) is 23.9 Å². The number of hydrogen-bond donors (Lipinski definition) is 1. The van der Waals surface area contributed by atoms with E-state index in [1.54, 1.807) is 26.0 Å². The van der Waals surface area contributed by atoms with E-state index in [2.05, 4.69) is 15.0 Å². The Balaban J connectivity index is 2.46. The summed E-state index contributed by atoms with van der Waals surface area (Å²) in [7, 11) is 0. The van der Waals surface area contributed by atoms with Crippen LogP contribution in [0.3, 0.4) is 0 Å². The third kappa shape index (κ3) is 3.09. The molecule has 0 aliphatic carbocycles. The quantitative estimate of drug-likeness (QED) is 0.913. The highest BCUT2D eigenvalue weighted by Crippen LogP contribution is 2.18. The normalized spacial score (nSPS) is 10.5. The Labute approximate surface area is 109 Å². The lowest BCUT2D eigenvalue weighted by molar-refractivity contribution is -0.136. The van der Waals surface area contributed by atoms with Gasteiger partial charge in [0.05, 0.1) is 0 Å². The lowest BCUT2D eigenvalue weighted by Gasteiger charge is -2.05. The lowest BCUT2D eigenvalue weighted by Crippen LogP contribution is -2.08. The van der Waals surface area contributed by atoms with Gasteiger partial charge in [-0.05, 0) is 37.6 Å². The summed E-state index contributed by atoms with van der Waals surface area (Å²) in [5, 5.41) is 8.75. The van der Waals surface area contributed by atoms with Crippen LogP contribution in [0.4, 0.5) is 4.39 Å². The fourth-order valence-corrected chi connectivity index (χ4v) is 1.66. The van der Waals surface area contributed by atoms with E-state index in [-0.39, 0.29) is 18.1 Å². The van der Waals surface area contributed by atoms with Crippen molar-refractivity contribution < 1.29 is 14.3 Å². The molecule has 0 amide bonds. The van der Waals surface area contributed by atoms with Crippen LogP contribution in [0.5, 0.6) is 0 Å². The van der Waals surface area contributed by atoms with E-state index in [0.29, 0.717) is 22.8 Å². The number of rotatable bonds is 3. The summed E-state index contributed by atoms with van der Waals surface area (Å²) in [4.78, 5) is 22.9. The molecule has 0 saturated carbocycles. The Hall–Kier alpha value is -2.37. The predicted molar refractivity (Wildman–Crippen MR) is 66.0 cm³/mol. The van der Waals surface area contributed by atoms with Crippen LogP contribution in [0.2, 0.25) is 0 Å². The highest BCUT2D eigenvalue weighted by Gasteiger charge is 2.10. The van der Waals surface area contributed by atoms with Gasteiger partial charge >= 0.3 is 5.97 Å². The van der Waals surface area contributed by atoms with Crippen LogP contribution in [0.15, 0.2) is 18.2 Å². The first-order valence-corrected chi connectivity index (χ1v) is 5.65. The molecule has 6 heteroatoms. The second kappa shape index (κ2) is 5.09. The van der Waals surface area contributed by atoms with Crippen LogP contribution in [0, 0.1) is 19.7 Å². The Kier molecular flexibility index (Phi) is 3.50. The van der Waals surface area contributed by atoms with Crippen molar-refractivity contribution in [3.63, 3.8) is 0 Å². The van der Waals surface area contributed by atoms with Gasteiger partial charge < -0.3 is 5.11 Å². The highest BCUT2D eigenvalue weighted by molar-refractivity contribution is 5.69. The Bertz CT molecular complexity index is 644. The Morgan fingerprint density at radius 2 is 2.00 bits per heavy atom. The number of nitrogens with zero attached hydrogens (tertiary/aromatic N) is 3. The zero-order chi connectivity index (χ0) is 14.0. The standard InChI is InChI=1S/C13H12FN3O2/c1-7-5-9(3-4-10(7)14)13-16-8(2)15-11(17-13)6-12(18)19/h3-5H,6H2,1-2H3,(H,18,19). The van der Waals surface area contributed by atoms with Gasteiger partial charge in [0, 0.05) is 5.56 Å². The molecule has 1 aromatic carbocycles. The van der Waals surface area contributed by atoms with E-state index in [9.17, 15) is 9.18 Å². The van der Waals surface area contributed by atoms with Crippen LogP contribution in [-0.2, 0) is 11.2 Å². The monoisotopic (exact) mass is 261 g/mol. The van der Waals surface area contributed by atoms with Crippen molar-refractivity contribution >= 4 is 5.97 Å². The van der Waals surface area contributed by atoms with Crippen LogP contribution < -0.4 is 0 Å². The van der Waals surface area contributed by atoms with Crippen molar-refractivity contribution in [1.29, 1.82) is 0 Å². The van der Waals surface area contributed by atoms with Crippen LogP contribution >= 0.6 is 0 Å². The first kappa shape index (κ1) is 13.1. The second-order valence-electron chi connectivity index (χ2n) is 4.16. The molecule has 1 heterocycles. The minimum absolute atomic E-state index is 0.192. The largest absolute Gasteiger partial charge is 0.481 e. The zero-order valence-electron chi connectivity index (χ0n) is 10.5. The van der Waals surface area contributed by atoms with E-state index in [4.69, 9.17) is 5.11 Å². The number of aromatic nitrogens is 3. The summed E-state index contributed by atoms with van der Waals surface area (Å²) in [6.07, 6.45) is -0.267. The maximum absolute atomic E-state index is 13.2. The molecular formula is C13H12FN3O2. The van der Waals surface area contributed by atoms with Crippen LogP contribution in [0.1, 0.15) is 17.2 Å². The SMILES string of the molecule is Cc1nc(CC(=O)O)nc(-c2ccc(F)c(C)c2)n1. The summed E-state index contributed by atoms with van der Waals surface area (Å²) < 4.78 is 13.2. The summed E-state index contributed by atoms with van der Waals surface area (Å²) in [5.74, 6) is -0.334. The molecule has 0 radical (unpaired) electrons. The van der Waals surface area contributed by atoms with E-state index in [1.807, 2.05) is 0 Å². The molecule has 0 aliphatic heterocycles. The maximum Gasteiger partial charge on any atom is 0.311 e. The van der Waals surface area contributed by atoms with Crippen molar-refractivity contribution in [2.75, 3.05) is 0 Å². The number of benzene rings is 1. The molecule has 0 spiro atoms. The lowest BCUT2D eigenvalue weighted by atomic mass is 10.1. The van der Waals surface area contributed by atoms with Gasteiger partial charge in [-0.15, -0.1) is 0 Å². The highest BCUT2D eigenvalue weighted by atomic mass is 19.1. The van der Waals surface area contributed by atoms with Crippen molar-refractivity contribution in [1.82, 2.24) is 15.0 Å². The second-order valence-corrected chi connectivity index (χ2v) is 4.16. The van der Waals surface area contributed by atoms with Gasteiger partial charge in [-0.25, -0.2) is 19.3 Å². The third-order valence-corrected chi connectivity index (χ3v) is 2.52. The van der Waals surface area contributed by atoms with Gasteiger partial charge in [-0.2, -0.15) is 0 Å². The fourth-order valence-electron chi connectivity index (χ4n) is 1.66. The maximum atomic E-state index is 13.2.